The maximum absolute atomic E-state index is 14.1. The lowest BCUT2D eigenvalue weighted by Gasteiger charge is -2.37. The fourth-order valence-electron chi connectivity index (χ4n) is 9.42. The highest BCUT2D eigenvalue weighted by molar-refractivity contribution is 7.91. The summed E-state index contributed by atoms with van der Waals surface area (Å²) < 4.78 is 75.6. The molecular formula is C51H51N6O11PS. The normalized spacial score (nSPS) is 21.4. The summed E-state index contributed by atoms with van der Waals surface area (Å²) in [6.07, 6.45) is -0.149. The molecule has 2 N–H and O–H groups in total. The van der Waals surface area contributed by atoms with Gasteiger partial charge in [-0.25, -0.2) is 32.4 Å². The third-order valence-corrected chi connectivity index (χ3v) is 16.4. The number of imidazole rings is 1. The van der Waals surface area contributed by atoms with Crippen LogP contribution in [0.5, 0.6) is 17.2 Å². The second-order valence-electron chi connectivity index (χ2n) is 17.0. The number of para-hydroxylation sites is 1. The molecule has 2 aromatic heterocycles. The van der Waals surface area contributed by atoms with Crippen molar-refractivity contribution in [2.75, 3.05) is 45.0 Å². The first-order valence-electron chi connectivity index (χ1n) is 22.9. The van der Waals surface area contributed by atoms with Crippen LogP contribution in [0.3, 0.4) is 0 Å². The van der Waals surface area contributed by atoms with E-state index in [0.29, 0.717) is 23.8 Å². The van der Waals surface area contributed by atoms with Crippen molar-refractivity contribution in [3.05, 3.63) is 173 Å². The second kappa shape index (κ2) is 20.5. The van der Waals surface area contributed by atoms with Gasteiger partial charge >= 0.3 is 5.69 Å². The fourth-order valence-corrected chi connectivity index (χ4v) is 13.0. The van der Waals surface area contributed by atoms with E-state index in [4.69, 9.17) is 32.7 Å². The number of sulfone groups is 1. The van der Waals surface area contributed by atoms with Gasteiger partial charge in [0.2, 0.25) is 0 Å². The summed E-state index contributed by atoms with van der Waals surface area (Å²) in [5.74, 6) is 1.23. The van der Waals surface area contributed by atoms with Gasteiger partial charge in [0.05, 0.1) is 43.7 Å². The lowest BCUT2D eigenvalue weighted by Crippen LogP contribution is -2.38. The van der Waals surface area contributed by atoms with Crippen LogP contribution in [-0.4, -0.2) is 103 Å². The molecule has 0 unspecified atom stereocenters. The van der Waals surface area contributed by atoms with E-state index in [1.807, 2.05) is 84.9 Å². The zero-order valence-corrected chi connectivity index (χ0v) is 40.0. The number of H-pyrrole nitrogens is 1. The summed E-state index contributed by atoms with van der Waals surface area (Å²) in [4.78, 5) is 39.0. The molecule has 3 aliphatic heterocycles. The first kappa shape index (κ1) is 47.2. The summed E-state index contributed by atoms with van der Waals surface area (Å²) in [5.41, 5.74) is 1.03. The number of nitrogens with one attached hydrogen (secondary N) is 2. The molecule has 10 rings (SSSR count). The van der Waals surface area contributed by atoms with Gasteiger partial charge < -0.3 is 43.0 Å². The van der Waals surface area contributed by atoms with Crippen LogP contribution in [-0.2, 0) is 38.8 Å². The van der Waals surface area contributed by atoms with Gasteiger partial charge in [0.1, 0.15) is 47.0 Å². The minimum atomic E-state index is -3.69. The average Bonchev–Trinajstić information content (AvgIpc) is 4.19. The molecule has 1 amide bonds. The van der Waals surface area contributed by atoms with Crippen molar-refractivity contribution in [3.8, 4) is 17.2 Å². The van der Waals surface area contributed by atoms with Crippen LogP contribution in [0, 0.1) is 0 Å². The Balaban J connectivity index is 0.991. The highest BCUT2D eigenvalue weighted by Gasteiger charge is 2.52. The zero-order chi connectivity index (χ0) is 48.2. The van der Waals surface area contributed by atoms with Gasteiger partial charge in [0, 0.05) is 19.0 Å². The van der Waals surface area contributed by atoms with Gasteiger partial charge in [-0.3, -0.25) is 4.79 Å². The molecule has 5 heterocycles. The predicted octanol–water partition coefficient (Wildman–Crippen LogP) is 7.40. The van der Waals surface area contributed by atoms with Gasteiger partial charge in [-0.15, -0.1) is 0 Å². The van der Waals surface area contributed by atoms with Crippen molar-refractivity contribution in [3.63, 3.8) is 0 Å². The number of methoxy groups -OCH3 is 2. The van der Waals surface area contributed by atoms with Crippen LogP contribution in [0.15, 0.2) is 156 Å². The molecular weight excluding hydrogens is 936 g/mol. The largest absolute Gasteiger partial charge is 0.497 e. The Morgan fingerprint density at radius 3 is 2.10 bits per heavy atom. The van der Waals surface area contributed by atoms with E-state index >= 15 is 0 Å². The first-order chi connectivity index (χ1) is 34.1. The number of aromatic amines is 1. The van der Waals surface area contributed by atoms with Crippen molar-refractivity contribution in [1.82, 2.24) is 24.2 Å². The van der Waals surface area contributed by atoms with E-state index < -0.39 is 60.1 Å². The Kier molecular flexibility index (Phi) is 13.8. The van der Waals surface area contributed by atoms with Crippen molar-refractivity contribution in [2.45, 2.75) is 60.3 Å². The van der Waals surface area contributed by atoms with E-state index in [0.717, 1.165) is 29.5 Å². The predicted molar refractivity (Wildman–Crippen MR) is 260 cm³/mol. The van der Waals surface area contributed by atoms with Crippen molar-refractivity contribution >= 4 is 41.3 Å². The third-order valence-electron chi connectivity index (χ3n) is 12.8. The van der Waals surface area contributed by atoms with E-state index in [9.17, 15) is 18.0 Å². The topological polar surface area (TPSA) is 195 Å². The van der Waals surface area contributed by atoms with E-state index in [-0.39, 0.29) is 53.3 Å². The number of hydrogen-bond acceptors (Lipinski definition) is 14. The van der Waals surface area contributed by atoms with Gasteiger partial charge in [0.15, 0.2) is 27.9 Å². The summed E-state index contributed by atoms with van der Waals surface area (Å²) in [6, 6.07) is 42.4. The summed E-state index contributed by atoms with van der Waals surface area (Å²) in [7, 11) is -2.26. The maximum atomic E-state index is 14.1. The number of hydrogen-bond donors (Lipinski definition) is 2. The first-order valence-corrected chi connectivity index (χ1v) is 25.7. The number of nitrogens with zero attached hydrogens (tertiary/aromatic N) is 4. The molecule has 3 saturated heterocycles. The number of aromatic nitrogens is 4. The standard InChI is InChI=1S/C51H51N6O11PS/c1-62-37-24-20-35(21-25-37)51(34-13-6-3-7-14-34,36-22-26-38(63-2)27-23-36)65-30-43-42(67-69-56-28-12-19-41(56)44(68-69)32-70(60,61)40-17-10-5-11-18-40)29-46(66-43)57-49-47(55-50(57)59)48(52-33-53-49)54-45(58)31-64-39-15-8-4-9-16-39/h3-11,13-18,20-27,33,41-44,46H,12,19,28-32H2,1-2H3,(H,55,59)(H,52,53,54,58)/t41-,42-,43+,44+,46+,69-/m0/s1. The number of carbonyl (C=O) groups is 1. The number of amides is 1. The smallest absolute Gasteiger partial charge is 0.329 e. The molecule has 362 valence electrons. The number of ether oxygens (including phenoxy) is 5. The van der Waals surface area contributed by atoms with Crippen LogP contribution < -0.4 is 25.2 Å². The number of fused-ring (bicyclic) bond motifs is 2. The van der Waals surface area contributed by atoms with Crippen LogP contribution in [0.4, 0.5) is 5.82 Å². The Morgan fingerprint density at radius 1 is 0.814 bits per heavy atom. The molecule has 0 bridgehead atoms. The van der Waals surface area contributed by atoms with Crippen molar-refractivity contribution < 1.29 is 45.9 Å². The molecule has 3 aliphatic rings. The molecule has 6 atom stereocenters. The average molecular weight is 987 g/mol. The van der Waals surface area contributed by atoms with Gasteiger partial charge in [-0.05, 0) is 78.1 Å². The highest BCUT2D eigenvalue weighted by atomic mass is 32.2. The third kappa shape index (κ3) is 9.55. The molecule has 3 fully saturated rings. The number of benzene rings is 5. The molecule has 0 radical (unpaired) electrons. The Hall–Kier alpha value is -6.50. The molecule has 70 heavy (non-hydrogen) atoms. The minimum absolute atomic E-state index is 0.0542. The minimum Gasteiger partial charge on any atom is -0.497 e. The maximum Gasteiger partial charge on any atom is 0.329 e. The van der Waals surface area contributed by atoms with Crippen LogP contribution >= 0.6 is 8.53 Å². The van der Waals surface area contributed by atoms with E-state index in [1.54, 1.807) is 68.8 Å². The molecule has 19 heteroatoms. The van der Waals surface area contributed by atoms with Gasteiger partial charge in [-0.2, -0.15) is 0 Å². The Morgan fingerprint density at radius 2 is 1.44 bits per heavy atom. The monoisotopic (exact) mass is 986 g/mol. The highest BCUT2D eigenvalue weighted by Crippen LogP contribution is 2.58. The second-order valence-corrected chi connectivity index (χ2v) is 20.5. The van der Waals surface area contributed by atoms with Crippen LogP contribution in [0.2, 0.25) is 0 Å². The molecule has 17 nitrogen and oxygen atoms in total. The SMILES string of the molecule is COc1ccc(C(OC[C@H]2O[C@@H](n3c(=O)[nH]c4c(NC(=O)COc5ccccc5)ncnc43)C[C@@H]2O[P@@]2O[C@H](CS(=O)(=O)c3ccccc3)[C@@H]3CCCN32)(c2ccccc2)c2ccc(OC)cc2)cc1. The zero-order valence-electron chi connectivity index (χ0n) is 38.3. The number of rotatable bonds is 18. The molecule has 5 aromatic carbocycles. The van der Waals surface area contributed by atoms with Gasteiger partial charge in [0.25, 0.3) is 14.4 Å². The lowest BCUT2D eigenvalue weighted by molar-refractivity contribution is -0.118. The Labute approximate surface area is 405 Å². The fraction of sp³-hybridized carbons (Fsp3) is 0.294. The quantitative estimate of drug-likeness (QED) is 0.0638. The summed E-state index contributed by atoms with van der Waals surface area (Å²) >= 11 is 0. The van der Waals surface area contributed by atoms with E-state index in [1.165, 1.54) is 10.9 Å². The number of carbonyl (C=O) groups excluding carboxylic acids is 1. The van der Waals surface area contributed by atoms with Crippen molar-refractivity contribution in [1.29, 1.82) is 0 Å². The summed E-state index contributed by atoms with van der Waals surface area (Å²) in [5, 5.41) is 2.74. The van der Waals surface area contributed by atoms with E-state index in [2.05, 4.69) is 24.9 Å². The van der Waals surface area contributed by atoms with Crippen molar-refractivity contribution in [2.24, 2.45) is 0 Å². The molecule has 0 saturated carbocycles. The summed E-state index contributed by atoms with van der Waals surface area (Å²) in [6.45, 7) is 0.305. The van der Waals surface area contributed by atoms with Crippen LogP contribution in [0.25, 0.3) is 11.2 Å². The lowest BCUT2D eigenvalue weighted by atomic mass is 9.80. The molecule has 0 aliphatic carbocycles. The molecule has 7 aromatic rings. The Bertz CT molecular complexity index is 3030. The van der Waals surface area contributed by atoms with Gasteiger partial charge in [-0.1, -0.05) is 91.0 Å². The molecule has 0 spiro atoms. The number of anilines is 1. The van der Waals surface area contributed by atoms with Crippen LogP contribution in [0.1, 0.15) is 42.2 Å².